The lowest BCUT2D eigenvalue weighted by atomic mass is 9.78. The fraction of sp³-hybridized carbons (Fsp3) is 0.700. The van der Waals surface area contributed by atoms with Crippen molar-refractivity contribution in [1.29, 1.82) is 0 Å². The van der Waals surface area contributed by atoms with Gasteiger partial charge in [0.25, 0.3) is 5.91 Å². The number of amides is 1. The molecule has 0 aliphatic carbocycles. The van der Waals surface area contributed by atoms with Gasteiger partial charge in [-0.15, -0.1) is 0 Å². The number of piperidine rings is 1. The molecule has 3 saturated heterocycles. The third-order valence-electron chi connectivity index (χ3n) is 6.02. The van der Waals surface area contributed by atoms with Gasteiger partial charge in [0, 0.05) is 57.1 Å². The minimum absolute atomic E-state index is 0.164. The number of carbonyl (C=O) groups excluding carboxylic acids is 1. The van der Waals surface area contributed by atoms with Gasteiger partial charge in [-0.25, -0.2) is 0 Å². The summed E-state index contributed by atoms with van der Waals surface area (Å²) in [5, 5.41) is 0. The van der Waals surface area contributed by atoms with Crippen molar-refractivity contribution in [2.45, 2.75) is 38.3 Å². The van der Waals surface area contributed by atoms with Crippen molar-refractivity contribution in [3.05, 3.63) is 30.1 Å². The number of pyridine rings is 1. The van der Waals surface area contributed by atoms with Crippen LogP contribution in [0.4, 0.5) is 0 Å². The summed E-state index contributed by atoms with van der Waals surface area (Å²) in [6.07, 6.45) is 7.42. The van der Waals surface area contributed by atoms with Crippen LogP contribution in [0.1, 0.15) is 31.2 Å². The van der Waals surface area contributed by atoms with E-state index in [0.717, 1.165) is 78.2 Å². The molecule has 1 aromatic heterocycles. The Morgan fingerprint density at radius 1 is 1.19 bits per heavy atom. The average Bonchev–Trinajstić information content (AvgIpc) is 3.14. The largest absolute Gasteiger partial charge is 0.379 e. The molecular formula is C20H29N3O3. The molecule has 3 aliphatic heterocycles. The standard InChI is InChI=1S/C20H29N3O3/c24-19(18-2-1-12-26-18)23-9-5-20(6-10-23)15-22(11-13-25-16-20)14-17-3-7-21-8-4-17/h3-4,7-8,18H,1-2,5-6,9-16H2/t18-/m1/s1. The molecule has 0 N–H and O–H groups in total. The number of aromatic nitrogens is 1. The van der Waals surface area contributed by atoms with Gasteiger partial charge in [-0.1, -0.05) is 0 Å². The van der Waals surface area contributed by atoms with Gasteiger partial charge >= 0.3 is 0 Å². The van der Waals surface area contributed by atoms with E-state index in [1.165, 1.54) is 5.56 Å². The average molecular weight is 359 g/mol. The Morgan fingerprint density at radius 3 is 2.73 bits per heavy atom. The van der Waals surface area contributed by atoms with E-state index in [4.69, 9.17) is 9.47 Å². The van der Waals surface area contributed by atoms with E-state index in [0.29, 0.717) is 0 Å². The van der Waals surface area contributed by atoms with Crippen LogP contribution < -0.4 is 0 Å². The predicted molar refractivity (Wildman–Crippen MR) is 97.6 cm³/mol. The lowest BCUT2D eigenvalue weighted by Crippen LogP contribution is -2.50. The Hall–Kier alpha value is -1.50. The van der Waals surface area contributed by atoms with Gasteiger partial charge in [0.05, 0.1) is 13.2 Å². The number of carbonyl (C=O) groups is 1. The third kappa shape index (κ3) is 4.08. The van der Waals surface area contributed by atoms with Gasteiger partial charge < -0.3 is 14.4 Å². The summed E-state index contributed by atoms with van der Waals surface area (Å²) >= 11 is 0. The smallest absolute Gasteiger partial charge is 0.251 e. The number of rotatable bonds is 3. The fourth-order valence-corrected chi connectivity index (χ4v) is 4.44. The van der Waals surface area contributed by atoms with Gasteiger partial charge in [-0.3, -0.25) is 14.7 Å². The van der Waals surface area contributed by atoms with Crippen LogP contribution >= 0.6 is 0 Å². The zero-order valence-electron chi connectivity index (χ0n) is 15.4. The number of ether oxygens (including phenoxy) is 2. The summed E-state index contributed by atoms with van der Waals surface area (Å²) in [6.45, 7) is 6.90. The molecule has 26 heavy (non-hydrogen) atoms. The number of hydrogen-bond donors (Lipinski definition) is 0. The summed E-state index contributed by atoms with van der Waals surface area (Å²) in [5.74, 6) is 0.195. The minimum atomic E-state index is -0.197. The van der Waals surface area contributed by atoms with Crippen molar-refractivity contribution < 1.29 is 14.3 Å². The first kappa shape index (κ1) is 17.9. The van der Waals surface area contributed by atoms with Crippen molar-refractivity contribution in [1.82, 2.24) is 14.8 Å². The van der Waals surface area contributed by atoms with Crippen LogP contribution in [-0.4, -0.2) is 72.8 Å². The van der Waals surface area contributed by atoms with E-state index in [1.54, 1.807) is 0 Å². The molecular weight excluding hydrogens is 330 g/mol. The molecule has 142 valence electrons. The van der Waals surface area contributed by atoms with Crippen LogP contribution in [0.25, 0.3) is 0 Å². The summed E-state index contributed by atoms with van der Waals surface area (Å²) in [7, 11) is 0. The first-order chi connectivity index (χ1) is 12.7. The van der Waals surface area contributed by atoms with E-state index < -0.39 is 0 Å². The van der Waals surface area contributed by atoms with E-state index in [-0.39, 0.29) is 17.4 Å². The third-order valence-corrected chi connectivity index (χ3v) is 6.02. The number of hydrogen-bond acceptors (Lipinski definition) is 5. The van der Waals surface area contributed by atoms with Gasteiger partial charge in [0.2, 0.25) is 0 Å². The van der Waals surface area contributed by atoms with Crippen LogP contribution in [-0.2, 0) is 20.8 Å². The lowest BCUT2D eigenvalue weighted by molar-refractivity contribution is -0.144. The molecule has 0 bridgehead atoms. The van der Waals surface area contributed by atoms with Gasteiger partial charge in [0.1, 0.15) is 6.10 Å². The van der Waals surface area contributed by atoms with Crippen molar-refractivity contribution >= 4 is 5.91 Å². The maximum absolute atomic E-state index is 12.6. The van der Waals surface area contributed by atoms with Gasteiger partial charge in [-0.05, 0) is 43.4 Å². The van der Waals surface area contributed by atoms with Gasteiger partial charge in [-0.2, -0.15) is 0 Å². The van der Waals surface area contributed by atoms with Crippen LogP contribution in [0.2, 0.25) is 0 Å². The van der Waals surface area contributed by atoms with Crippen LogP contribution in [0.5, 0.6) is 0 Å². The highest BCUT2D eigenvalue weighted by Gasteiger charge is 2.40. The lowest BCUT2D eigenvalue weighted by Gasteiger charge is -2.43. The molecule has 0 radical (unpaired) electrons. The Balaban J connectivity index is 1.36. The first-order valence-corrected chi connectivity index (χ1v) is 9.84. The Labute approximate surface area is 155 Å². The predicted octanol–water partition coefficient (Wildman–Crippen LogP) is 1.70. The Kier molecular flexibility index (Phi) is 5.52. The maximum Gasteiger partial charge on any atom is 0.251 e. The van der Waals surface area contributed by atoms with E-state index >= 15 is 0 Å². The molecule has 4 heterocycles. The minimum Gasteiger partial charge on any atom is -0.379 e. The molecule has 1 atom stereocenters. The molecule has 0 aromatic carbocycles. The molecule has 6 heteroatoms. The monoisotopic (exact) mass is 359 g/mol. The maximum atomic E-state index is 12.6. The second-order valence-electron chi connectivity index (χ2n) is 7.95. The topological polar surface area (TPSA) is 54.9 Å². The first-order valence-electron chi connectivity index (χ1n) is 9.84. The Morgan fingerprint density at radius 2 is 2.00 bits per heavy atom. The summed E-state index contributed by atoms with van der Waals surface area (Å²) < 4.78 is 11.5. The molecule has 1 spiro atoms. The number of nitrogens with zero attached hydrogens (tertiary/aromatic N) is 3. The fourth-order valence-electron chi connectivity index (χ4n) is 4.44. The molecule has 1 amide bonds. The van der Waals surface area contributed by atoms with Crippen molar-refractivity contribution in [3.63, 3.8) is 0 Å². The van der Waals surface area contributed by atoms with E-state index in [9.17, 15) is 4.79 Å². The summed E-state index contributed by atoms with van der Waals surface area (Å²) in [6, 6.07) is 4.17. The second kappa shape index (κ2) is 8.03. The zero-order chi connectivity index (χ0) is 17.8. The zero-order valence-corrected chi connectivity index (χ0v) is 15.4. The molecule has 4 rings (SSSR count). The van der Waals surface area contributed by atoms with Crippen molar-refractivity contribution in [2.75, 3.05) is 46.0 Å². The van der Waals surface area contributed by atoms with Gasteiger partial charge in [0.15, 0.2) is 0 Å². The molecule has 6 nitrogen and oxygen atoms in total. The highest BCUT2D eigenvalue weighted by atomic mass is 16.5. The normalized spacial score (nSPS) is 26.8. The van der Waals surface area contributed by atoms with Crippen molar-refractivity contribution in [2.24, 2.45) is 5.41 Å². The highest BCUT2D eigenvalue weighted by molar-refractivity contribution is 5.81. The molecule has 0 unspecified atom stereocenters. The quantitative estimate of drug-likeness (QED) is 0.822. The summed E-state index contributed by atoms with van der Waals surface area (Å²) in [5.41, 5.74) is 1.46. The Bertz CT molecular complexity index is 596. The molecule has 1 aromatic rings. The van der Waals surface area contributed by atoms with Crippen molar-refractivity contribution in [3.8, 4) is 0 Å². The van der Waals surface area contributed by atoms with Crippen LogP contribution in [0.3, 0.4) is 0 Å². The van der Waals surface area contributed by atoms with Crippen LogP contribution in [0, 0.1) is 5.41 Å². The van der Waals surface area contributed by atoms with Crippen LogP contribution in [0.15, 0.2) is 24.5 Å². The van der Waals surface area contributed by atoms with E-state index in [1.807, 2.05) is 17.3 Å². The van der Waals surface area contributed by atoms with E-state index in [2.05, 4.69) is 22.0 Å². The SMILES string of the molecule is O=C([C@H]1CCCO1)N1CCC2(CC1)COCCN(Cc1ccncc1)C2. The molecule has 3 aliphatic rings. The second-order valence-corrected chi connectivity index (χ2v) is 7.95. The summed E-state index contributed by atoms with van der Waals surface area (Å²) in [4.78, 5) is 21.2. The highest BCUT2D eigenvalue weighted by Crippen LogP contribution is 2.35. The number of likely N-dealkylation sites (tertiary alicyclic amines) is 1. The molecule has 3 fully saturated rings. The molecule has 0 saturated carbocycles.